The van der Waals surface area contributed by atoms with Gasteiger partial charge in [0.05, 0.1) is 12.2 Å². The fourth-order valence-electron chi connectivity index (χ4n) is 3.50. The minimum Gasteiger partial charge on any atom is -0.375 e. The molecule has 2 atom stereocenters. The molecule has 0 aromatic carbocycles. The van der Waals surface area contributed by atoms with Crippen LogP contribution in [0.15, 0.2) is 10.4 Å². The van der Waals surface area contributed by atoms with Gasteiger partial charge in [-0.05, 0) is 26.3 Å². The van der Waals surface area contributed by atoms with Crippen molar-refractivity contribution in [2.75, 3.05) is 66.5 Å². The second-order valence-electron chi connectivity index (χ2n) is 7.95. The Labute approximate surface area is 204 Å². The number of methoxy groups -OCH3 is 1. The average Bonchev–Trinajstić information content (AvgIpc) is 3.19. The Bertz CT molecular complexity index is 620. The summed E-state index contributed by atoms with van der Waals surface area (Å²) in [4.78, 5) is 16.9. The van der Waals surface area contributed by atoms with Crippen molar-refractivity contribution in [3.8, 4) is 0 Å². The molecule has 0 aliphatic carbocycles. The van der Waals surface area contributed by atoms with E-state index in [4.69, 9.17) is 14.7 Å². The lowest BCUT2D eigenvalue weighted by Gasteiger charge is -2.35. The molecule has 0 bridgehead atoms. The van der Waals surface area contributed by atoms with Gasteiger partial charge in [0, 0.05) is 65.4 Å². The van der Waals surface area contributed by atoms with Crippen LogP contribution in [0.4, 0.5) is 0 Å². The summed E-state index contributed by atoms with van der Waals surface area (Å²) >= 11 is 1.66. The van der Waals surface area contributed by atoms with Gasteiger partial charge in [-0.1, -0.05) is 13.8 Å². The second kappa shape index (κ2) is 14.5. The summed E-state index contributed by atoms with van der Waals surface area (Å²) in [5.74, 6) is 1.49. The Morgan fingerprint density at radius 2 is 1.93 bits per heavy atom. The largest absolute Gasteiger partial charge is 0.375 e. The highest BCUT2D eigenvalue weighted by Gasteiger charge is 2.18. The fourth-order valence-corrected chi connectivity index (χ4v) is 4.34. The van der Waals surface area contributed by atoms with Crippen LogP contribution in [0, 0.1) is 5.92 Å². The minimum absolute atomic E-state index is 0. The predicted octanol–water partition coefficient (Wildman–Crippen LogP) is 3.14. The van der Waals surface area contributed by atoms with Gasteiger partial charge in [-0.25, -0.2) is 4.98 Å². The summed E-state index contributed by atoms with van der Waals surface area (Å²) in [5.41, 5.74) is 1.06. The normalized spacial score (nSPS) is 18.0. The van der Waals surface area contributed by atoms with Crippen molar-refractivity contribution in [2.24, 2.45) is 10.9 Å². The number of aliphatic imine (C=N–C) groups is 1. The first-order chi connectivity index (χ1) is 14.0. The molecule has 0 spiro atoms. The molecule has 30 heavy (non-hydrogen) atoms. The molecule has 2 unspecified atom stereocenters. The van der Waals surface area contributed by atoms with Crippen LogP contribution in [0.1, 0.15) is 44.5 Å². The number of halogens is 1. The highest BCUT2D eigenvalue weighted by molar-refractivity contribution is 14.0. The van der Waals surface area contributed by atoms with E-state index in [9.17, 15) is 0 Å². The van der Waals surface area contributed by atoms with E-state index in [0.717, 1.165) is 49.4 Å². The van der Waals surface area contributed by atoms with Gasteiger partial charge < -0.3 is 24.8 Å². The molecule has 1 aliphatic rings. The van der Waals surface area contributed by atoms with Crippen LogP contribution < -0.4 is 5.32 Å². The third-order valence-electron chi connectivity index (χ3n) is 5.40. The molecule has 1 aromatic heterocycles. The average molecular weight is 553 g/mol. The molecule has 174 valence electrons. The van der Waals surface area contributed by atoms with Gasteiger partial charge in [-0.15, -0.1) is 35.3 Å². The summed E-state index contributed by atoms with van der Waals surface area (Å²) in [7, 11) is 3.80. The van der Waals surface area contributed by atoms with E-state index < -0.39 is 0 Å². The van der Waals surface area contributed by atoms with E-state index in [0.29, 0.717) is 5.92 Å². The zero-order chi connectivity index (χ0) is 21.2. The van der Waals surface area contributed by atoms with Crippen molar-refractivity contribution in [2.45, 2.75) is 40.3 Å². The Morgan fingerprint density at radius 1 is 1.27 bits per heavy atom. The smallest absolute Gasteiger partial charge is 0.194 e. The number of nitrogens with zero attached hydrogens (tertiary/aromatic N) is 5. The van der Waals surface area contributed by atoms with Crippen molar-refractivity contribution in [3.63, 3.8) is 0 Å². The number of guanidine groups is 1. The van der Waals surface area contributed by atoms with E-state index in [1.54, 1.807) is 18.4 Å². The summed E-state index contributed by atoms with van der Waals surface area (Å²) in [5, 5.41) is 6.56. The number of thiazole rings is 1. The zero-order valence-electron chi connectivity index (χ0n) is 19.6. The molecule has 2 rings (SSSR count). The van der Waals surface area contributed by atoms with E-state index >= 15 is 0 Å². The first kappa shape index (κ1) is 27.5. The maximum Gasteiger partial charge on any atom is 0.194 e. The predicted molar refractivity (Wildman–Crippen MR) is 138 cm³/mol. The molecule has 0 amide bonds. The van der Waals surface area contributed by atoms with E-state index in [1.165, 1.54) is 26.2 Å². The van der Waals surface area contributed by atoms with Crippen molar-refractivity contribution >= 4 is 41.3 Å². The molecule has 0 radical (unpaired) electrons. The van der Waals surface area contributed by atoms with Gasteiger partial charge in [-0.3, -0.25) is 4.99 Å². The number of likely N-dealkylation sites (N-methyl/N-ethyl adjacent to an activating group) is 1. The molecule has 1 aliphatic heterocycles. The topological polar surface area (TPSA) is 56.2 Å². The molecule has 1 fully saturated rings. The van der Waals surface area contributed by atoms with E-state index in [2.05, 4.69) is 53.2 Å². The standard InChI is InChI=1S/C21H40N6OS.HI/c1-7-22-21(25(5)15-19-16-29-20(24-19)18(4)28-6)23-13-17(3)14-27-11-9-26(8-2)10-12-27;/h16-18H,7-15H2,1-6H3,(H,22,23);1H. The maximum atomic E-state index is 5.37. The molecule has 0 saturated carbocycles. The molecule has 9 heteroatoms. The third kappa shape index (κ3) is 8.94. The Balaban J connectivity index is 0.00000450. The van der Waals surface area contributed by atoms with Crippen LogP contribution in [0.3, 0.4) is 0 Å². The minimum atomic E-state index is 0. The van der Waals surface area contributed by atoms with E-state index in [-0.39, 0.29) is 30.1 Å². The lowest BCUT2D eigenvalue weighted by atomic mass is 10.1. The number of nitrogens with one attached hydrogen (secondary N) is 1. The third-order valence-corrected chi connectivity index (χ3v) is 6.46. The Kier molecular flexibility index (Phi) is 13.4. The summed E-state index contributed by atoms with van der Waals surface area (Å²) in [6.45, 7) is 18.1. The fraction of sp³-hybridized carbons (Fsp3) is 0.810. The number of rotatable bonds is 10. The zero-order valence-corrected chi connectivity index (χ0v) is 22.7. The Hall–Kier alpha value is -0.490. The first-order valence-electron chi connectivity index (χ1n) is 10.9. The van der Waals surface area contributed by atoms with Gasteiger partial charge in [0.1, 0.15) is 11.1 Å². The maximum absolute atomic E-state index is 5.37. The van der Waals surface area contributed by atoms with Crippen LogP contribution >= 0.6 is 35.3 Å². The van der Waals surface area contributed by atoms with Gasteiger partial charge >= 0.3 is 0 Å². The molecule has 1 aromatic rings. The quantitative estimate of drug-likeness (QED) is 0.274. The van der Waals surface area contributed by atoms with Crippen molar-refractivity contribution < 1.29 is 4.74 Å². The summed E-state index contributed by atoms with van der Waals surface area (Å²) in [6, 6.07) is 0. The number of hydrogen-bond acceptors (Lipinski definition) is 6. The highest BCUT2D eigenvalue weighted by atomic mass is 127. The molecule has 7 nitrogen and oxygen atoms in total. The second-order valence-corrected chi connectivity index (χ2v) is 8.84. The number of hydrogen-bond donors (Lipinski definition) is 1. The van der Waals surface area contributed by atoms with Gasteiger partial charge in [0.15, 0.2) is 5.96 Å². The Morgan fingerprint density at radius 3 is 2.53 bits per heavy atom. The van der Waals surface area contributed by atoms with E-state index in [1.807, 2.05) is 6.92 Å². The molecule has 1 saturated heterocycles. The number of ether oxygens (including phenoxy) is 1. The number of piperazine rings is 1. The van der Waals surface area contributed by atoms with Crippen molar-refractivity contribution in [1.82, 2.24) is 25.0 Å². The summed E-state index contributed by atoms with van der Waals surface area (Å²) < 4.78 is 5.37. The molecular formula is C21H41IN6OS. The first-order valence-corrected chi connectivity index (χ1v) is 11.8. The molecule has 1 N–H and O–H groups in total. The molecule has 2 heterocycles. The van der Waals surface area contributed by atoms with Crippen molar-refractivity contribution in [1.29, 1.82) is 0 Å². The van der Waals surface area contributed by atoms with Crippen LogP contribution in [0.25, 0.3) is 0 Å². The van der Waals surface area contributed by atoms with Crippen molar-refractivity contribution in [3.05, 3.63) is 16.1 Å². The van der Waals surface area contributed by atoms with Gasteiger partial charge in [-0.2, -0.15) is 0 Å². The summed E-state index contributed by atoms with van der Waals surface area (Å²) in [6.07, 6.45) is 0.0426. The van der Waals surface area contributed by atoms with Gasteiger partial charge in [0.2, 0.25) is 0 Å². The molecular weight excluding hydrogens is 511 g/mol. The van der Waals surface area contributed by atoms with Crippen LogP contribution in [-0.4, -0.2) is 92.2 Å². The van der Waals surface area contributed by atoms with Crippen LogP contribution in [0.2, 0.25) is 0 Å². The highest BCUT2D eigenvalue weighted by Crippen LogP contribution is 2.21. The monoisotopic (exact) mass is 552 g/mol. The van der Waals surface area contributed by atoms with Crippen LogP contribution in [-0.2, 0) is 11.3 Å². The lowest BCUT2D eigenvalue weighted by molar-refractivity contribution is 0.119. The SMILES string of the molecule is CCNC(=NCC(C)CN1CCN(CC)CC1)N(C)Cc1csc(C(C)OC)n1.I. The van der Waals surface area contributed by atoms with Gasteiger partial charge in [0.25, 0.3) is 0 Å². The number of aromatic nitrogens is 1. The van der Waals surface area contributed by atoms with Crippen LogP contribution in [0.5, 0.6) is 0 Å². The lowest BCUT2D eigenvalue weighted by Crippen LogP contribution is -2.47.